The molecule has 3 rings (SSSR count). The number of halogens is 2. The van der Waals surface area contributed by atoms with Crippen LogP contribution < -0.4 is 14.4 Å². The molecule has 0 unspecified atom stereocenters. The van der Waals surface area contributed by atoms with Crippen molar-refractivity contribution in [1.82, 2.24) is 0 Å². The Bertz CT molecular complexity index is 798. The van der Waals surface area contributed by atoms with Crippen molar-refractivity contribution in [3.05, 3.63) is 52.0 Å². The van der Waals surface area contributed by atoms with Crippen LogP contribution >= 0.6 is 35.0 Å². The van der Waals surface area contributed by atoms with Gasteiger partial charge in [0.25, 0.3) is 0 Å². The van der Waals surface area contributed by atoms with Crippen molar-refractivity contribution in [2.75, 3.05) is 24.4 Å². The molecule has 1 aliphatic rings. The summed E-state index contributed by atoms with van der Waals surface area (Å²) in [4.78, 5) is 14.2. The highest BCUT2D eigenvalue weighted by molar-refractivity contribution is 8.00. The van der Waals surface area contributed by atoms with Crippen LogP contribution in [0.15, 0.2) is 36.4 Å². The normalized spacial score (nSPS) is 16.8. The van der Waals surface area contributed by atoms with E-state index in [1.165, 1.54) is 0 Å². The Labute approximate surface area is 167 Å². The van der Waals surface area contributed by atoms with E-state index in [1.807, 2.05) is 31.2 Å². The number of anilines is 1. The quantitative estimate of drug-likeness (QED) is 0.622. The minimum absolute atomic E-state index is 0.0451. The van der Waals surface area contributed by atoms with Crippen molar-refractivity contribution in [1.29, 1.82) is 0 Å². The molecule has 1 heterocycles. The van der Waals surface area contributed by atoms with E-state index in [4.69, 9.17) is 32.7 Å². The fourth-order valence-electron chi connectivity index (χ4n) is 2.78. The molecule has 1 aliphatic heterocycles. The van der Waals surface area contributed by atoms with Crippen molar-refractivity contribution in [3.63, 3.8) is 0 Å². The molecule has 4 nitrogen and oxygen atoms in total. The van der Waals surface area contributed by atoms with E-state index >= 15 is 0 Å². The van der Waals surface area contributed by atoms with Crippen molar-refractivity contribution < 1.29 is 14.3 Å². The Morgan fingerprint density at radius 3 is 2.62 bits per heavy atom. The van der Waals surface area contributed by atoms with E-state index in [1.54, 1.807) is 35.9 Å². The number of carbonyl (C=O) groups is 1. The Balaban J connectivity index is 1.97. The average Bonchev–Trinajstić information content (AvgIpc) is 3.02. The largest absolute Gasteiger partial charge is 0.493 e. The van der Waals surface area contributed by atoms with Crippen LogP contribution in [-0.2, 0) is 4.79 Å². The molecule has 1 atom stereocenters. The number of hydrogen-bond acceptors (Lipinski definition) is 4. The van der Waals surface area contributed by atoms with E-state index < -0.39 is 0 Å². The maximum atomic E-state index is 12.5. The lowest BCUT2D eigenvalue weighted by molar-refractivity contribution is -0.115. The minimum atomic E-state index is -0.185. The SMILES string of the molecule is CCCOc1c(Cl)cc([C@H]2SCC(=O)N2c2ccc(Cl)cc2)cc1OC. The lowest BCUT2D eigenvalue weighted by Gasteiger charge is -2.25. The summed E-state index contributed by atoms with van der Waals surface area (Å²) in [5.74, 6) is 1.55. The third-order valence-corrected chi connectivity index (χ3v) is 5.71. The molecule has 0 radical (unpaired) electrons. The second-order valence-corrected chi connectivity index (χ2v) is 7.70. The molecule has 138 valence electrons. The predicted molar refractivity (Wildman–Crippen MR) is 108 cm³/mol. The topological polar surface area (TPSA) is 38.8 Å². The molecule has 1 amide bonds. The summed E-state index contributed by atoms with van der Waals surface area (Å²) in [5, 5.41) is 0.922. The Morgan fingerprint density at radius 2 is 1.96 bits per heavy atom. The molecule has 0 bridgehead atoms. The van der Waals surface area contributed by atoms with Crippen LogP contribution in [0.2, 0.25) is 10.0 Å². The van der Waals surface area contributed by atoms with Crippen LogP contribution in [0.3, 0.4) is 0 Å². The van der Waals surface area contributed by atoms with Gasteiger partial charge in [0.15, 0.2) is 11.5 Å². The van der Waals surface area contributed by atoms with Gasteiger partial charge in [0.05, 0.1) is 24.5 Å². The molecule has 2 aromatic carbocycles. The molecule has 0 saturated carbocycles. The molecule has 0 aromatic heterocycles. The first kappa shape index (κ1) is 19.2. The summed E-state index contributed by atoms with van der Waals surface area (Å²) in [6.07, 6.45) is 0.874. The van der Waals surface area contributed by atoms with Gasteiger partial charge in [-0.05, 0) is 48.4 Å². The van der Waals surface area contributed by atoms with Gasteiger partial charge in [0.1, 0.15) is 5.37 Å². The van der Waals surface area contributed by atoms with Gasteiger partial charge in [-0.2, -0.15) is 0 Å². The maximum absolute atomic E-state index is 12.5. The minimum Gasteiger partial charge on any atom is -0.493 e. The molecular formula is C19H19Cl2NO3S. The van der Waals surface area contributed by atoms with Crippen LogP contribution in [0.1, 0.15) is 24.3 Å². The lowest BCUT2D eigenvalue weighted by atomic mass is 10.1. The summed E-state index contributed by atoms with van der Waals surface area (Å²) in [5.41, 5.74) is 1.69. The van der Waals surface area contributed by atoms with Gasteiger partial charge in [0.2, 0.25) is 5.91 Å². The van der Waals surface area contributed by atoms with E-state index in [9.17, 15) is 4.79 Å². The van der Waals surface area contributed by atoms with Gasteiger partial charge in [-0.1, -0.05) is 30.1 Å². The number of rotatable bonds is 6. The van der Waals surface area contributed by atoms with Gasteiger partial charge < -0.3 is 9.47 Å². The Morgan fingerprint density at radius 1 is 1.23 bits per heavy atom. The zero-order valence-electron chi connectivity index (χ0n) is 14.5. The number of thioether (sulfide) groups is 1. The maximum Gasteiger partial charge on any atom is 0.238 e. The number of methoxy groups -OCH3 is 1. The first-order valence-corrected chi connectivity index (χ1v) is 10.0. The summed E-state index contributed by atoms with van der Waals surface area (Å²) < 4.78 is 11.2. The monoisotopic (exact) mass is 411 g/mol. The fraction of sp³-hybridized carbons (Fsp3) is 0.316. The third kappa shape index (κ3) is 3.90. The number of carbonyl (C=O) groups excluding carboxylic acids is 1. The highest BCUT2D eigenvalue weighted by Crippen LogP contribution is 2.46. The van der Waals surface area contributed by atoms with Crippen LogP contribution in [0, 0.1) is 0 Å². The number of benzene rings is 2. The van der Waals surface area contributed by atoms with Gasteiger partial charge >= 0.3 is 0 Å². The molecule has 7 heteroatoms. The first-order valence-electron chi connectivity index (χ1n) is 8.24. The summed E-state index contributed by atoms with van der Waals surface area (Å²) in [7, 11) is 1.58. The van der Waals surface area contributed by atoms with Gasteiger partial charge in [-0.15, -0.1) is 11.8 Å². The zero-order chi connectivity index (χ0) is 18.7. The van der Waals surface area contributed by atoms with Crippen LogP contribution in [0.25, 0.3) is 0 Å². The second kappa shape index (κ2) is 8.42. The number of amides is 1. The predicted octanol–water partition coefficient (Wildman–Crippen LogP) is 5.57. The van der Waals surface area contributed by atoms with Crippen molar-refractivity contribution in [3.8, 4) is 11.5 Å². The van der Waals surface area contributed by atoms with Crippen molar-refractivity contribution in [2.45, 2.75) is 18.7 Å². The number of ether oxygens (including phenoxy) is 2. The molecule has 2 aromatic rings. The van der Waals surface area contributed by atoms with Crippen LogP contribution in [0.5, 0.6) is 11.5 Å². The first-order chi connectivity index (χ1) is 12.5. The van der Waals surface area contributed by atoms with E-state index in [0.29, 0.717) is 33.9 Å². The van der Waals surface area contributed by atoms with Gasteiger partial charge in [-0.25, -0.2) is 0 Å². The lowest BCUT2D eigenvalue weighted by Crippen LogP contribution is -2.27. The summed E-state index contributed by atoms with van der Waals surface area (Å²) >= 11 is 14.0. The Hall–Kier alpha value is -1.56. The molecular weight excluding hydrogens is 393 g/mol. The van der Waals surface area contributed by atoms with E-state index in [-0.39, 0.29) is 11.3 Å². The Kier molecular flexibility index (Phi) is 6.22. The molecule has 26 heavy (non-hydrogen) atoms. The molecule has 0 N–H and O–H groups in total. The highest BCUT2D eigenvalue weighted by atomic mass is 35.5. The van der Waals surface area contributed by atoms with Crippen molar-refractivity contribution >= 4 is 46.6 Å². The van der Waals surface area contributed by atoms with Gasteiger partial charge in [0, 0.05) is 10.7 Å². The number of hydrogen-bond donors (Lipinski definition) is 0. The van der Waals surface area contributed by atoms with Crippen molar-refractivity contribution in [2.24, 2.45) is 0 Å². The highest BCUT2D eigenvalue weighted by Gasteiger charge is 2.35. The summed E-state index contributed by atoms with van der Waals surface area (Å²) in [6, 6.07) is 11.0. The van der Waals surface area contributed by atoms with Crippen LogP contribution in [-0.4, -0.2) is 25.4 Å². The summed E-state index contributed by atoms with van der Waals surface area (Å²) in [6.45, 7) is 2.59. The van der Waals surface area contributed by atoms with Gasteiger partial charge in [-0.3, -0.25) is 9.69 Å². The van der Waals surface area contributed by atoms with E-state index in [2.05, 4.69) is 0 Å². The standard InChI is InChI=1S/C19H19Cl2NO3S/c1-3-8-25-18-15(21)9-12(10-16(18)24-2)19-22(17(23)11-26-19)14-6-4-13(20)5-7-14/h4-7,9-10,19H,3,8,11H2,1-2H3/t19-/m1/s1. The fourth-order valence-corrected chi connectivity index (χ4v) is 4.33. The third-order valence-electron chi connectivity index (χ3n) is 3.96. The van der Waals surface area contributed by atoms with Crippen LogP contribution in [0.4, 0.5) is 5.69 Å². The zero-order valence-corrected chi connectivity index (χ0v) is 16.8. The van der Waals surface area contributed by atoms with E-state index in [0.717, 1.165) is 17.7 Å². The molecule has 0 spiro atoms. The smallest absolute Gasteiger partial charge is 0.238 e. The molecule has 0 aliphatic carbocycles. The average molecular weight is 412 g/mol. The number of nitrogens with zero attached hydrogens (tertiary/aromatic N) is 1. The second-order valence-electron chi connectivity index (χ2n) is 5.79. The molecule has 1 fully saturated rings. The molecule has 1 saturated heterocycles.